The average Bonchev–Trinajstić information content (AvgIpc) is 2.87. The van der Waals surface area contributed by atoms with E-state index in [1.807, 2.05) is 7.05 Å². The van der Waals surface area contributed by atoms with Gasteiger partial charge in [-0.3, -0.25) is 9.58 Å². The largest absolute Gasteiger partial charge is 0.396 e. The first-order valence-corrected chi connectivity index (χ1v) is 7.57. The van der Waals surface area contributed by atoms with E-state index in [9.17, 15) is 5.11 Å². The fraction of sp³-hybridized carbons (Fsp3) is 0.417. The van der Waals surface area contributed by atoms with Crippen LogP contribution in [0, 0.1) is 0 Å². The number of rotatable bonds is 6. The van der Waals surface area contributed by atoms with Crippen LogP contribution in [0.25, 0.3) is 0 Å². The molecule has 0 saturated carbocycles. The first-order chi connectivity index (χ1) is 9.02. The number of likely N-dealkylation sites (N-methyl/N-ethyl adjacent to an activating group) is 1. The molecule has 2 aromatic rings. The van der Waals surface area contributed by atoms with Crippen molar-refractivity contribution in [2.24, 2.45) is 0 Å². The lowest BCUT2D eigenvalue weighted by molar-refractivity contribution is 0.104. The summed E-state index contributed by atoms with van der Waals surface area (Å²) in [4.78, 5) is 3.36. The molecule has 0 aliphatic heterocycles. The molecule has 3 N–H and O–H groups in total. The van der Waals surface area contributed by atoms with Gasteiger partial charge in [0.2, 0.25) is 0 Å². The predicted octanol–water partition coefficient (Wildman–Crippen LogP) is 1.78. The van der Waals surface area contributed by atoms with E-state index in [0.29, 0.717) is 18.8 Å². The molecule has 1 unspecified atom stereocenters. The molecule has 2 heterocycles. The molecule has 2 aromatic heterocycles. The van der Waals surface area contributed by atoms with Crippen LogP contribution in [-0.2, 0) is 13.1 Å². The zero-order valence-corrected chi connectivity index (χ0v) is 13.1. The Morgan fingerprint density at radius 1 is 1.63 bits per heavy atom. The first-order valence-electron chi connectivity index (χ1n) is 5.90. The summed E-state index contributed by atoms with van der Waals surface area (Å²) in [6.45, 7) is 1.87. The molecular formula is C12H17BrN4OS. The molecule has 5 nitrogen and oxygen atoms in total. The third kappa shape index (κ3) is 4.61. The predicted molar refractivity (Wildman–Crippen MR) is 81.0 cm³/mol. The summed E-state index contributed by atoms with van der Waals surface area (Å²) >= 11 is 5.15. The van der Waals surface area contributed by atoms with Crippen LogP contribution in [0.3, 0.4) is 0 Å². The van der Waals surface area contributed by atoms with Crippen molar-refractivity contribution in [1.29, 1.82) is 0 Å². The van der Waals surface area contributed by atoms with Gasteiger partial charge in [-0.25, -0.2) is 0 Å². The maximum Gasteiger partial charge on any atom is 0.0862 e. The Balaban J connectivity index is 1.79. The Kier molecular flexibility index (Phi) is 4.98. The third-order valence-corrected chi connectivity index (χ3v) is 4.30. The number of aliphatic hydroxyl groups excluding tert-OH is 1. The number of nitrogens with zero attached hydrogens (tertiary/aromatic N) is 3. The van der Waals surface area contributed by atoms with Gasteiger partial charge in [-0.2, -0.15) is 5.10 Å². The SMILES string of the molecule is CN(Cc1cc(Br)cs1)CC(O)Cn1cc(N)cn1. The molecule has 0 fully saturated rings. The topological polar surface area (TPSA) is 67.3 Å². The van der Waals surface area contributed by atoms with E-state index in [2.05, 4.69) is 37.4 Å². The van der Waals surface area contributed by atoms with Gasteiger partial charge in [0.15, 0.2) is 0 Å². The molecule has 0 saturated heterocycles. The van der Waals surface area contributed by atoms with E-state index in [0.717, 1.165) is 11.0 Å². The summed E-state index contributed by atoms with van der Waals surface area (Å²) in [7, 11) is 1.99. The second-order valence-electron chi connectivity index (χ2n) is 4.58. The second kappa shape index (κ2) is 6.51. The van der Waals surface area contributed by atoms with Crippen LogP contribution in [0.5, 0.6) is 0 Å². The van der Waals surface area contributed by atoms with Gasteiger partial charge in [0, 0.05) is 34.0 Å². The Bertz CT molecular complexity index is 481. The average molecular weight is 345 g/mol. The number of thiophene rings is 1. The van der Waals surface area contributed by atoms with Gasteiger partial charge in [-0.05, 0) is 29.0 Å². The van der Waals surface area contributed by atoms with Crippen LogP contribution in [-0.4, -0.2) is 39.5 Å². The van der Waals surface area contributed by atoms with E-state index in [1.54, 1.807) is 28.4 Å². The number of nitrogen functional groups attached to an aromatic ring is 1. The van der Waals surface area contributed by atoms with E-state index < -0.39 is 6.10 Å². The number of hydrogen-bond acceptors (Lipinski definition) is 5. The summed E-state index contributed by atoms with van der Waals surface area (Å²) < 4.78 is 2.77. The highest BCUT2D eigenvalue weighted by Crippen LogP contribution is 2.20. The summed E-state index contributed by atoms with van der Waals surface area (Å²) in [6, 6.07) is 2.10. The fourth-order valence-electron chi connectivity index (χ4n) is 1.88. The Morgan fingerprint density at radius 2 is 2.42 bits per heavy atom. The van der Waals surface area contributed by atoms with E-state index >= 15 is 0 Å². The summed E-state index contributed by atoms with van der Waals surface area (Å²) in [5.74, 6) is 0. The highest BCUT2D eigenvalue weighted by Gasteiger charge is 2.11. The van der Waals surface area contributed by atoms with Gasteiger partial charge in [-0.15, -0.1) is 11.3 Å². The van der Waals surface area contributed by atoms with Gasteiger partial charge in [0.05, 0.1) is 24.5 Å². The van der Waals surface area contributed by atoms with Crippen LogP contribution in [0.4, 0.5) is 5.69 Å². The highest BCUT2D eigenvalue weighted by molar-refractivity contribution is 9.10. The Morgan fingerprint density at radius 3 is 3.00 bits per heavy atom. The van der Waals surface area contributed by atoms with Gasteiger partial charge < -0.3 is 10.8 Å². The Labute approximate surface area is 124 Å². The summed E-state index contributed by atoms with van der Waals surface area (Å²) in [5.41, 5.74) is 6.20. The first kappa shape index (κ1) is 14.5. The van der Waals surface area contributed by atoms with Crippen LogP contribution < -0.4 is 5.73 Å². The molecular weight excluding hydrogens is 328 g/mol. The molecule has 104 valence electrons. The number of aliphatic hydroxyl groups is 1. The summed E-state index contributed by atoms with van der Waals surface area (Å²) in [5, 5.41) is 16.1. The maximum atomic E-state index is 10.0. The highest BCUT2D eigenvalue weighted by atomic mass is 79.9. The molecule has 1 atom stereocenters. The van der Waals surface area contributed by atoms with Crippen molar-refractivity contribution in [3.8, 4) is 0 Å². The van der Waals surface area contributed by atoms with Crippen molar-refractivity contribution in [2.75, 3.05) is 19.3 Å². The molecule has 2 rings (SSSR count). The lowest BCUT2D eigenvalue weighted by Gasteiger charge is -2.19. The molecule has 0 aliphatic rings. The number of halogens is 1. The van der Waals surface area contributed by atoms with Gasteiger partial charge in [-0.1, -0.05) is 0 Å². The smallest absolute Gasteiger partial charge is 0.0862 e. The van der Waals surface area contributed by atoms with Gasteiger partial charge in [0.1, 0.15) is 0 Å². The number of hydrogen-bond donors (Lipinski definition) is 2. The zero-order valence-electron chi connectivity index (χ0n) is 10.7. The molecule has 0 bridgehead atoms. The van der Waals surface area contributed by atoms with Crippen LogP contribution in [0.15, 0.2) is 28.3 Å². The number of nitrogens with two attached hydrogens (primary N) is 1. The molecule has 19 heavy (non-hydrogen) atoms. The lowest BCUT2D eigenvalue weighted by Crippen LogP contribution is -2.31. The number of anilines is 1. The zero-order chi connectivity index (χ0) is 13.8. The monoisotopic (exact) mass is 344 g/mol. The van der Waals surface area contributed by atoms with Gasteiger partial charge in [0.25, 0.3) is 0 Å². The number of aromatic nitrogens is 2. The molecule has 0 aliphatic carbocycles. The van der Waals surface area contributed by atoms with Crippen molar-refractivity contribution in [3.63, 3.8) is 0 Å². The maximum absolute atomic E-state index is 10.0. The third-order valence-electron chi connectivity index (χ3n) is 2.62. The van der Waals surface area contributed by atoms with Crippen molar-refractivity contribution < 1.29 is 5.11 Å². The van der Waals surface area contributed by atoms with Crippen LogP contribution in [0.1, 0.15) is 4.88 Å². The Hall–Kier alpha value is -0.890. The van der Waals surface area contributed by atoms with E-state index in [1.165, 1.54) is 4.88 Å². The van der Waals surface area contributed by atoms with Crippen molar-refractivity contribution in [3.05, 3.63) is 33.2 Å². The van der Waals surface area contributed by atoms with Crippen LogP contribution in [0.2, 0.25) is 0 Å². The molecule has 0 aromatic carbocycles. The normalized spacial score (nSPS) is 13.1. The molecule has 0 amide bonds. The van der Waals surface area contributed by atoms with Crippen molar-refractivity contribution in [1.82, 2.24) is 14.7 Å². The van der Waals surface area contributed by atoms with Gasteiger partial charge >= 0.3 is 0 Å². The second-order valence-corrected chi connectivity index (χ2v) is 6.49. The minimum Gasteiger partial charge on any atom is -0.396 e. The quantitative estimate of drug-likeness (QED) is 0.838. The van der Waals surface area contributed by atoms with Crippen molar-refractivity contribution in [2.45, 2.75) is 19.2 Å². The fourth-order valence-corrected chi connectivity index (χ4v) is 3.41. The minimum atomic E-state index is -0.465. The minimum absolute atomic E-state index is 0.454. The molecule has 0 radical (unpaired) electrons. The molecule has 7 heteroatoms. The lowest BCUT2D eigenvalue weighted by atomic mass is 10.3. The summed E-state index contributed by atoms with van der Waals surface area (Å²) in [6.07, 6.45) is 2.84. The molecule has 0 spiro atoms. The van der Waals surface area contributed by atoms with Crippen molar-refractivity contribution >= 4 is 33.0 Å². The van der Waals surface area contributed by atoms with E-state index in [4.69, 9.17) is 5.73 Å². The van der Waals surface area contributed by atoms with E-state index in [-0.39, 0.29) is 0 Å². The standard InChI is InChI=1S/C12H17BrN4OS/c1-16(7-12-2-9(13)8-19-12)5-11(18)6-17-4-10(14)3-15-17/h2-4,8,11,18H,5-7,14H2,1H3. The van der Waals surface area contributed by atoms with Crippen LogP contribution >= 0.6 is 27.3 Å².